The number of unbranched alkanes of at least 4 members (excludes halogenated alkanes) is 7. The molecule has 0 heterocycles. The first-order chi connectivity index (χ1) is 8.88. The number of alkyl halides is 1. The van der Waals surface area contributed by atoms with Crippen molar-refractivity contribution in [2.75, 3.05) is 0 Å². The van der Waals surface area contributed by atoms with Crippen LogP contribution in [0.2, 0.25) is 0 Å². The van der Waals surface area contributed by atoms with Gasteiger partial charge in [-0.25, -0.2) is 0 Å². The second-order valence-corrected chi connectivity index (χ2v) is 5.39. The lowest BCUT2D eigenvalue weighted by molar-refractivity contribution is 0.575. The first kappa shape index (κ1) is 15.6. The Morgan fingerprint density at radius 3 is 1.94 bits per heavy atom. The van der Waals surface area contributed by atoms with E-state index in [1.807, 2.05) is 0 Å². The number of halogens is 1. The Bertz CT molecular complexity index is 306. The van der Waals surface area contributed by atoms with E-state index in [0.29, 0.717) is 5.88 Å². The molecule has 0 amide bonds. The van der Waals surface area contributed by atoms with Gasteiger partial charge >= 0.3 is 0 Å². The zero-order valence-electron chi connectivity index (χ0n) is 11.8. The summed E-state index contributed by atoms with van der Waals surface area (Å²) in [6, 6.07) is 8.57. The van der Waals surface area contributed by atoms with Crippen LogP contribution in [0.5, 0.6) is 0 Å². The van der Waals surface area contributed by atoms with Gasteiger partial charge in [0.25, 0.3) is 0 Å². The lowest BCUT2D eigenvalue weighted by atomic mass is 10.0. The molecule has 0 N–H and O–H groups in total. The second kappa shape index (κ2) is 10.4. The van der Waals surface area contributed by atoms with Gasteiger partial charge in [-0.15, -0.1) is 11.6 Å². The maximum Gasteiger partial charge on any atom is 0.0476 e. The molecule has 0 atom stereocenters. The van der Waals surface area contributed by atoms with Crippen LogP contribution in [0.15, 0.2) is 24.3 Å². The molecule has 1 aromatic carbocycles. The van der Waals surface area contributed by atoms with Crippen LogP contribution in [-0.2, 0) is 12.3 Å². The Hall–Kier alpha value is -0.490. The van der Waals surface area contributed by atoms with Gasteiger partial charge in [0.2, 0.25) is 0 Å². The van der Waals surface area contributed by atoms with Crippen LogP contribution in [0.25, 0.3) is 0 Å². The highest BCUT2D eigenvalue weighted by atomic mass is 35.5. The highest BCUT2D eigenvalue weighted by Gasteiger charge is 2.00. The van der Waals surface area contributed by atoms with Crippen molar-refractivity contribution >= 4 is 11.6 Å². The lowest BCUT2D eigenvalue weighted by Crippen LogP contribution is -1.92. The van der Waals surface area contributed by atoms with Crippen molar-refractivity contribution in [3.8, 4) is 0 Å². The Morgan fingerprint density at radius 1 is 0.778 bits per heavy atom. The van der Waals surface area contributed by atoms with Gasteiger partial charge < -0.3 is 0 Å². The van der Waals surface area contributed by atoms with Gasteiger partial charge in [-0.3, -0.25) is 0 Å². The zero-order chi connectivity index (χ0) is 13.1. The van der Waals surface area contributed by atoms with E-state index in [2.05, 4.69) is 31.2 Å². The summed E-state index contributed by atoms with van der Waals surface area (Å²) in [5, 5.41) is 0. The van der Waals surface area contributed by atoms with E-state index >= 15 is 0 Å². The van der Waals surface area contributed by atoms with E-state index in [-0.39, 0.29) is 0 Å². The summed E-state index contributed by atoms with van der Waals surface area (Å²) in [4.78, 5) is 0. The summed E-state index contributed by atoms with van der Waals surface area (Å²) in [7, 11) is 0. The Labute approximate surface area is 118 Å². The molecule has 0 spiro atoms. The molecule has 102 valence electrons. The molecule has 0 unspecified atom stereocenters. The first-order valence-electron chi connectivity index (χ1n) is 7.51. The largest absolute Gasteiger partial charge is 0.122 e. The van der Waals surface area contributed by atoms with E-state index in [1.54, 1.807) is 0 Å². The summed E-state index contributed by atoms with van der Waals surface area (Å²) in [6.07, 6.45) is 12.3. The molecule has 0 bridgehead atoms. The fraction of sp³-hybridized carbons (Fsp3) is 0.647. The van der Waals surface area contributed by atoms with Crippen molar-refractivity contribution in [2.45, 2.75) is 70.6 Å². The minimum absolute atomic E-state index is 0.646. The summed E-state index contributed by atoms with van der Waals surface area (Å²) < 4.78 is 0. The zero-order valence-corrected chi connectivity index (χ0v) is 12.5. The fourth-order valence-electron chi connectivity index (χ4n) is 2.38. The van der Waals surface area contributed by atoms with Gasteiger partial charge in [0, 0.05) is 5.88 Å². The quantitative estimate of drug-likeness (QED) is 0.354. The van der Waals surface area contributed by atoms with Crippen LogP contribution < -0.4 is 0 Å². The molecule has 0 radical (unpaired) electrons. The van der Waals surface area contributed by atoms with Gasteiger partial charge in [-0.1, -0.05) is 76.1 Å². The van der Waals surface area contributed by atoms with Gasteiger partial charge in [-0.2, -0.15) is 0 Å². The van der Waals surface area contributed by atoms with Crippen LogP contribution in [0.3, 0.4) is 0 Å². The lowest BCUT2D eigenvalue weighted by Gasteiger charge is -2.06. The standard InChI is InChI=1S/C17H27Cl/c1-2-3-4-5-6-7-8-9-12-16-13-10-11-14-17(16)15-18/h10-11,13-14H,2-9,12,15H2,1H3. The molecule has 0 fully saturated rings. The van der Waals surface area contributed by atoms with Crippen molar-refractivity contribution in [1.82, 2.24) is 0 Å². The number of rotatable bonds is 10. The van der Waals surface area contributed by atoms with Crippen molar-refractivity contribution in [1.29, 1.82) is 0 Å². The molecule has 0 saturated carbocycles. The SMILES string of the molecule is CCCCCCCCCCc1ccccc1CCl. The monoisotopic (exact) mass is 266 g/mol. The minimum Gasteiger partial charge on any atom is -0.122 e. The molecule has 0 saturated heterocycles. The molecule has 0 nitrogen and oxygen atoms in total. The van der Waals surface area contributed by atoms with E-state index in [9.17, 15) is 0 Å². The van der Waals surface area contributed by atoms with Gasteiger partial charge in [-0.05, 0) is 24.0 Å². The van der Waals surface area contributed by atoms with E-state index < -0.39 is 0 Å². The number of hydrogen-bond acceptors (Lipinski definition) is 0. The van der Waals surface area contributed by atoms with Crippen molar-refractivity contribution in [3.63, 3.8) is 0 Å². The number of hydrogen-bond donors (Lipinski definition) is 0. The van der Waals surface area contributed by atoms with Gasteiger partial charge in [0.1, 0.15) is 0 Å². The number of aryl methyl sites for hydroxylation is 1. The second-order valence-electron chi connectivity index (χ2n) is 5.13. The summed E-state index contributed by atoms with van der Waals surface area (Å²) in [6.45, 7) is 2.27. The molecule has 0 aliphatic rings. The van der Waals surface area contributed by atoms with Crippen molar-refractivity contribution in [3.05, 3.63) is 35.4 Å². The molecule has 1 rings (SSSR count). The predicted molar refractivity (Wildman–Crippen MR) is 82.3 cm³/mol. The molecule has 0 aliphatic heterocycles. The van der Waals surface area contributed by atoms with Crippen LogP contribution in [0.1, 0.15) is 69.4 Å². The van der Waals surface area contributed by atoms with E-state index in [0.717, 1.165) is 0 Å². The highest BCUT2D eigenvalue weighted by Crippen LogP contribution is 2.16. The number of benzene rings is 1. The van der Waals surface area contributed by atoms with Crippen molar-refractivity contribution < 1.29 is 0 Å². The molecule has 0 aliphatic carbocycles. The topological polar surface area (TPSA) is 0 Å². The average molecular weight is 267 g/mol. The average Bonchev–Trinajstić information content (AvgIpc) is 2.42. The summed E-state index contributed by atoms with van der Waals surface area (Å²) in [5.74, 6) is 0.646. The van der Waals surface area contributed by atoms with Gasteiger partial charge in [0.05, 0.1) is 0 Å². The molecule has 0 aromatic heterocycles. The third kappa shape index (κ3) is 6.44. The summed E-state index contributed by atoms with van der Waals surface area (Å²) in [5.41, 5.74) is 2.75. The fourth-order valence-corrected chi connectivity index (χ4v) is 2.64. The minimum atomic E-state index is 0.646. The predicted octanol–water partition coefficient (Wildman–Crippen LogP) is 6.11. The molecule has 18 heavy (non-hydrogen) atoms. The highest BCUT2D eigenvalue weighted by molar-refractivity contribution is 6.17. The summed E-state index contributed by atoms with van der Waals surface area (Å²) >= 11 is 5.94. The van der Waals surface area contributed by atoms with Crippen LogP contribution in [-0.4, -0.2) is 0 Å². The van der Waals surface area contributed by atoms with E-state index in [1.165, 1.54) is 68.9 Å². The van der Waals surface area contributed by atoms with Crippen LogP contribution >= 0.6 is 11.6 Å². The molecular weight excluding hydrogens is 240 g/mol. The third-order valence-corrected chi connectivity index (χ3v) is 3.85. The van der Waals surface area contributed by atoms with Crippen molar-refractivity contribution in [2.24, 2.45) is 0 Å². The molecule has 1 heteroatoms. The molecular formula is C17H27Cl. The molecule has 1 aromatic rings. The third-order valence-electron chi connectivity index (χ3n) is 3.56. The normalized spacial score (nSPS) is 10.8. The maximum atomic E-state index is 5.94. The van der Waals surface area contributed by atoms with Crippen LogP contribution in [0.4, 0.5) is 0 Å². The maximum absolute atomic E-state index is 5.94. The Balaban J connectivity index is 2.07. The van der Waals surface area contributed by atoms with E-state index in [4.69, 9.17) is 11.6 Å². The Morgan fingerprint density at radius 2 is 1.33 bits per heavy atom. The van der Waals surface area contributed by atoms with Crippen LogP contribution in [0, 0.1) is 0 Å². The Kier molecular flexibility index (Phi) is 9.02. The van der Waals surface area contributed by atoms with Gasteiger partial charge in [0.15, 0.2) is 0 Å². The smallest absolute Gasteiger partial charge is 0.0476 e. The first-order valence-corrected chi connectivity index (χ1v) is 8.04.